The van der Waals surface area contributed by atoms with Crippen LogP contribution in [0.1, 0.15) is 68.4 Å². The topological polar surface area (TPSA) is 139 Å². The summed E-state index contributed by atoms with van der Waals surface area (Å²) in [5.41, 5.74) is -0.543. The molecule has 1 aliphatic heterocycles. The van der Waals surface area contributed by atoms with Gasteiger partial charge in [-0.3, -0.25) is 0 Å². The predicted molar refractivity (Wildman–Crippen MR) is 122 cm³/mol. The van der Waals surface area contributed by atoms with E-state index in [0.29, 0.717) is 35.9 Å². The van der Waals surface area contributed by atoms with Crippen LogP contribution >= 0.6 is 0 Å². The molecule has 192 valence electrons. The highest BCUT2D eigenvalue weighted by Crippen LogP contribution is 2.49. The third-order valence-corrected chi connectivity index (χ3v) is 9.02. The van der Waals surface area contributed by atoms with Crippen LogP contribution in [0.2, 0.25) is 0 Å². The number of H-pyrrole nitrogens is 1. The average Bonchev–Trinajstić information content (AvgIpc) is 3.32. The lowest BCUT2D eigenvalue weighted by atomic mass is 9.60. The standard InChI is InChI=1S/C22H30F3N7O2S/c23-22(24,25)17-6-5-16(18(19(17)35(26,33)34)20-29-31-32-30-20)13-1-3-14(4-2-13)28-15-11-21(12-15)7-9-27-10-8-21/h5-6,13-15,27-28H,1-4,7-12H2,(H2,26,33,34)(H,29,30,31,32)/t13-,14-. The number of nitrogens with zero attached hydrogens (tertiary/aromatic N) is 3. The molecule has 2 aliphatic carbocycles. The van der Waals surface area contributed by atoms with Crippen molar-refractivity contribution in [3.05, 3.63) is 23.3 Å². The quantitative estimate of drug-likeness (QED) is 0.482. The number of nitrogens with two attached hydrogens (primary N) is 1. The summed E-state index contributed by atoms with van der Waals surface area (Å²) in [5.74, 6) is -0.273. The van der Waals surface area contributed by atoms with Gasteiger partial charge in [-0.15, -0.1) is 5.10 Å². The number of halogens is 3. The minimum atomic E-state index is -4.90. The van der Waals surface area contributed by atoms with E-state index in [4.69, 9.17) is 5.14 Å². The third-order valence-electron chi connectivity index (χ3n) is 8.02. The number of aromatic nitrogens is 4. The summed E-state index contributed by atoms with van der Waals surface area (Å²) in [4.78, 5) is -0.983. The van der Waals surface area contributed by atoms with E-state index >= 15 is 0 Å². The molecule has 13 heteroatoms. The van der Waals surface area contributed by atoms with Gasteiger partial charge in [-0.25, -0.2) is 18.7 Å². The van der Waals surface area contributed by atoms with Crippen LogP contribution in [0.25, 0.3) is 11.4 Å². The maximum Gasteiger partial charge on any atom is 0.417 e. The molecule has 5 rings (SSSR count). The molecule has 0 atom stereocenters. The maximum absolute atomic E-state index is 13.7. The Morgan fingerprint density at radius 3 is 2.31 bits per heavy atom. The second-order valence-electron chi connectivity index (χ2n) is 10.3. The number of benzene rings is 1. The Labute approximate surface area is 201 Å². The fourth-order valence-corrected chi connectivity index (χ4v) is 7.33. The number of piperidine rings is 1. The Morgan fingerprint density at radius 2 is 1.74 bits per heavy atom. The van der Waals surface area contributed by atoms with E-state index in [-0.39, 0.29) is 17.3 Å². The van der Waals surface area contributed by atoms with E-state index in [1.807, 2.05) is 0 Å². The van der Waals surface area contributed by atoms with Crippen LogP contribution in [0.15, 0.2) is 17.0 Å². The zero-order valence-corrected chi connectivity index (χ0v) is 20.1. The summed E-state index contributed by atoms with van der Waals surface area (Å²) in [5, 5.41) is 25.5. The Bertz CT molecular complexity index is 1150. The van der Waals surface area contributed by atoms with Crippen molar-refractivity contribution in [1.82, 2.24) is 31.3 Å². The SMILES string of the molecule is NS(=O)(=O)c1c(C(F)(F)F)ccc([C@H]2CC[C@H](NC3CC4(CCNCC4)C3)CC2)c1-c1nnn[nH]1. The highest BCUT2D eigenvalue weighted by Gasteiger charge is 2.45. The zero-order valence-electron chi connectivity index (χ0n) is 19.2. The van der Waals surface area contributed by atoms with Crippen LogP contribution in [0.4, 0.5) is 13.2 Å². The smallest absolute Gasteiger partial charge is 0.317 e. The van der Waals surface area contributed by atoms with Crippen LogP contribution in [0.3, 0.4) is 0 Å². The monoisotopic (exact) mass is 513 g/mol. The minimum absolute atomic E-state index is 0.131. The molecule has 1 saturated heterocycles. The molecule has 3 aliphatic rings. The van der Waals surface area contributed by atoms with Crippen molar-refractivity contribution < 1.29 is 21.6 Å². The molecule has 5 N–H and O–H groups in total. The Kier molecular flexibility index (Phi) is 6.39. The lowest BCUT2D eigenvalue weighted by molar-refractivity contribution is -0.139. The molecule has 9 nitrogen and oxygen atoms in total. The van der Waals surface area contributed by atoms with Crippen molar-refractivity contribution in [3.63, 3.8) is 0 Å². The van der Waals surface area contributed by atoms with Crippen LogP contribution in [0, 0.1) is 5.41 Å². The second-order valence-corrected chi connectivity index (χ2v) is 11.8. The van der Waals surface area contributed by atoms with Crippen molar-refractivity contribution in [2.24, 2.45) is 10.6 Å². The van der Waals surface area contributed by atoms with Gasteiger partial charge in [0.1, 0.15) is 4.90 Å². The first-order valence-electron chi connectivity index (χ1n) is 12.0. The van der Waals surface area contributed by atoms with Gasteiger partial charge in [-0.1, -0.05) is 6.07 Å². The molecular formula is C22H30F3N7O2S. The van der Waals surface area contributed by atoms with Crippen LogP contribution in [-0.4, -0.2) is 54.2 Å². The largest absolute Gasteiger partial charge is 0.417 e. The Morgan fingerprint density at radius 1 is 1.06 bits per heavy atom. The highest BCUT2D eigenvalue weighted by molar-refractivity contribution is 7.89. The van der Waals surface area contributed by atoms with Gasteiger partial charge in [0, 0.05) is 17.6 Å². The first-order valence-corrected chi connectivity index (χ1v) is 13.6. The number of hydrogen-bond acceptors (Lipinski definition) is 7. The number of tetrazole rings is 1. The summed E-state index contributed by atoms with van der Waals surface area (Å²) in [6.45, 7) is 2.18. The van der Waals surface area contributed by atoms with Gasteiger partial charge in [0.05, 0.1) is 5.56 Å². The highest BCUT2D eigenvalue weighted by atomic mass is 32.2. The van der Waals surface area contributed by atoms with Gasteiger partial charge in [0.15, 0.2) is 5.82 Å². The Balaban J connectivity index is 1.35. The summed E-state index contributed by atoms with van der Waals surface area (Å²) < 4.78 is 65.9. The predicted octanol–water partition coefficient (Wildman–Crippen LogP) is 2.68. The van der Waals surface area contributed by atoms with Crippen LogP contribution in [0.5, 0.6) is 0 Å². The van der Waals surface area contributed by atoms with Crippen LogP contribution in [-0.2, 0) is 16.2 Å². The summed E-state index contributed by atoms with van der Waals surface area (Å²) in [6.07, 6.45) is 3.10. The molecule has 2 heterocycles. The molecule has 1 spiro atoms. The van der Waals surface area contributed by atoms with Gasteiger partial charge >= 0.3 is 6.18 Å². The van der Waals surface area contributed by atoms with E-state index in [2.05, 4.69) is 31.3 Å². The van der Waals surface area contributed by atoms with Crippen molar-refractivity contribution in [2.45, 2.75) is 80.4 Å². The molecule has 0 radical (unpaired) electrons. The average molecular weight is 514 g/mol. The number of aromatic amines is 1. The van der Waals surface area contributed by atoms with Crippen molar-refractivity contribution >= 4 is 10.0 Å². The molecule has 0 unspecified atom stereocenters. The molecule has 1 aromatic heterocycles. The minimum Gasteiger partial charge on any atom is -0.317 e. The molecule has 1 aromatic carbocycles. The van der Waals surface area contributed by atoms with E-state index in [1.54, 1.807) is 0 Å². The van der Waals surface area contributed by atoms with Gasteiger partial charge in [-0.05, 0) is 97.8 Å². The van der Waals surface area contributed by atoms with Gasteiger partial charge in [-0.2, -0.15) is 13.2 Å². The number of alkyl halides is 3. The number of hydrogen-bond donors (Lipinski definition) is 4. The van der Waals surface area contributed by atoms with E-state index < -0.39 is 26.7 Å². The van der Waals surface area contributed by atoms with E-state index in [0.717, 1.165) is 32.0 Å². The summed E-state index contributed by atoms with van der Waals surface area (Å²) in [6, 6.07) is 3.02. The first kappa shape index (κ1) is 24.6. The van der Waals surface area contributed by atoms with Crippen molar-refractivity contribution in [3.8, 4) is 11.4 Å². The van der Waals surface area contributed by atoms with Crippen molar-refractivity contribution in [2.75, 3.05) is 13.1 Å². The lowest BCUT2D eigenvalue weighted by Gasteiger charge is -2.52. The number of primary sulfonamides is 1. The zero-order chi connectivity index (χ0) is 24.8. The molecule has 35 heavy (non-hydrogen) atoms. The fourth-order valence-electron chi connectivity index (χ4n) is 6.34. The normalized spacial score (nSPS) is 25.5. The van der Waals surface area contributed by atoms with Crippen LogP contribution < -0.4 is 15.8 Å². The molecular weight excluding hydrogens is 483 g/mol. The lowest BCUT2D eigenvalue weighted by Crippen LogP contribution is -2.55. The van der Waals surface area contributed by atoms with Gasteiger partial charge in [0.2, 0.25) is 10.0 Å². The van der Waals surface area contributed by atoms with Gasteiger partial charge in [0.25, 0.3) is 0 Å². The first-order chi connectivity index (χ1) is 16.6. The number of rotatable bonds is 5. The van der Waals surface area contributed by atoms with Crippen molar-refractivity contribution in [1.29, 1.82) is 0 Å². The molecule has 0 amide bonds. The number of sulfonamides is 1. The third kappa shape index (κ3) is 4.95. The summed E-state index contributed by atoms with van der Waals surface area (Å²) in [7, 11) is -4.72. The maximum atomic E-state index is 13.7. The molecule has 2 aromatic rings. The van der Waals surface area contributed by atoms with E-state index in [9.17, 15) is 21.6 Å². The summed E-state index contributed by atoms with van der Waals surface area (Å²) >= 11 is 0. The van der Waals surface area contributed by atoms with E-state index in [1.165, 1.54) is 31.7 Å². The fraction of sp³-hybridized carbons (Fsp3) is 0.682. The molecule has 3 fully saturated rings. The Hall–Kier alpha value is -2.09. The van der Waals surface area contributed by atoms with Gasteiger partial charge < -0.3 is 10.6 Å². The number of nitrogens with one attached hydrogen (secondary N) is 3. The second kappa shape index (κ2) is 9.09. The molecule has 2 saturated carbocycles. The molecule has 0 bridgehead atoms.